The van der Waals surface area contributed by atoms with Crippen molar-refractivity contribution in [2.45, 2.75) is 25.8 Å². The first-order chi connectivity index (χ1) is 9.13. The Balaban J connectivity index is 1.92. The minimum atomic E-state index is 0.149. The number of phenolic OH excluding ortho intramolecular Hbond substituents is 1. The molecule has 2 unspecified atom stereocenters. The van der Waals surface area contributed by atoms with Crippen LogP contribution in [0.25, 0.3) is 5.57 Å². The SMILES string of the molecule is CC1=CC(c2ccc(O)cc2)=CC2CCC(=O)NC12. The van der Waals surface area contributed by atoms with Gasteiger partial charge in [-0.25, -0.2) is 0 Å². The Kier molecular flexibility index (Phi) is 2.90. The summed E-state index contributed by atoms with van der Waals surface area (Å²) >= 11 is 0. The first-order valence-corrected chi connectivity index (χ1v) is 6.62. The number of piperidine rings is 1. The minimum absolute atomic E-state index is 0.149. The molecule has 0 radical (unpaired) electrons. The summed E-state index contributed by atoms with van der Waals surface area (Å²) in [4.78, 5) is 11.5. The van der Waals surface area contributed by atoms with Crippen molar-refractivity contribution < 1.29 is 9.90 Å². The van der Waals surface area contributed by atoms with Crippen molar-refractivity contribution in [1.29, 1.82) is 0 Å². The molecule has 98 valence electrons. The van der Waals surface area contributed by atoms with Crippen LogP contribution in [0, 0.1) is 5.92 Å². The molecule has 1 aromatic rings. The molecule has 0 saturated carbocycles. The lowest BCUT2D eigenvalue weighted by molar-refractivity contribution is -0.123. The van der Waals surface area contributed by atoms with E-state index >= 15 is 0 Å². The van der Waals surface area contributed by atoms with Gasteiger partial charge in [-0.05, 0) is 42.2 Å². The fourth-order valence-electron chi connectivity index (χ4n) is 2.90. The van der Waals surface area contributed by atoms with E-state index < -0.39 is 0 Å². The van der Waals surface area contributed by atoms with E-state index in [1.54, 1.807) is 12.1 Å². The maximum atomic E-state index is 11.5. The maximum Gasteiger partial charge on any atom is 0.220 e. The molecular formula is C16H17NO2. The molecule has 1 saturated heterocycles. The Bertz CT molecular complexity index is 569. The van der Waals surface area contributed by atoms with E-state index in [0.717, 1.165) is 12.0 Å². The summed E-state index contributed by atoms with van der Waals surface area (Å²) in [5.74, 6) is 0.811. The van der Waals surface area contributed by atoms with Crippen LogP contribution in [-0.4, -0.2) is 17.1 Å². The third-order valence-corrected chi connectivity index (χ3v) is 3.92. The zero-order valence-electron chi connectivity index (χ0n) is 10.9. The lowest BCUT2D eigenvalue weighted by Crippen LogP contribution is -2.45. The molecule has 1 aliphatic carbocycles. The number of nitrogens with one attached hydrogen (secondary N) is 1. The predicted octanol–water partition coefficient (Wildman–Crippen LogP) is 2.63. The summed E-state index contributed by atoms with van der Waals surface area (Å²) in [6.45, 7) is 2.07. The van der Waals surface area contributed by atoms with Crippen LogP contribution in [0.1, 0.15) is 25.3 Å². The van der Waals surface area contributed by atoms with E-state index in [4.69, 9.17) is 0 Å². The van der Waals surface area contributed by atoms with Crippen LogP contribution in [0.5, 0.6) is 5.75 Å². The van der Waals surface area contributed by atoms with Gasteiger partial charge in [0.05, 0.1) is 6.04 Å². The number of carbonyl (C=O) groups is 1. The quantitative estimate of drug-likeness (QED) is 0.810. The minimum Gasteiger partial charge on any atom is -0.508 e. The second-order valence-electron chi connectivity index (χ2n) is 5.30. The van der Waals surface area contributed by atoms with Crippen molar-refractivity contribution in [2.24, 2.45) is 5.92 Å². The van der Waals surface area contributed by atoms with Crippen LogP contribution in [-0.2, 0) is 4.79 Å². The van der Waals surface area contributed by atoms with Crippen molar-refractivity contribution in [3.63, 3.8) is 0 Å². The number of fused-ring (bicyclic) bond motifs is 1. The summed E-state index contributed by atoms with van der Waals surface area (Å²) in [6, 6.07) is 7.41. The molecule has 1 aromatic carbocycles. The van der Waals surface area contributed by atoms with Crippen LogP contribution in [0.3, 0.4) is 0 Å². The van der Waals surface area contributed by atoms with Gasteiger partial charge in [0.15, 0.2) is 0 Å². The lowest BCUT2D eigenvalue weighted by Gasteiger charge is -2.34. The molecule has 2 atom stereocenters. The Hall–Kier alpha value is -2.03. The zero-order valence-corrected chi connectivity index (χ0v) is 10.9. The Labute approximate surface area is 112 Å². The van der Waals surface area contributed by atoms with Gasteiger partial charge in [0.1, 0.15) is 5.75 Å². The monoisotopic (exact) mass is 255 g/mol. The summed E-state index contributed by atoms with van der Waals surface area (Å²) in [5.41, 5.74) is 3.48. The molecule has 3 nitrogen and oxygen atoms in total. The zero-order chi connectivity index (χ0) is 13.4. The summed E-state index contributed by atoms with van der Waals surface area (Å²) < 4.78 is 0. The topological polar surface area (TPSA) is 49.3 Å². The molecule has 1 aliphatic heterocycles. The van der Waals surface area contributed by atoms with E-state index in [1.807, 2.05) is 12.1 Å². The first kappa shape index (κ1) is 12.0. The highest BCUT2D eigenvalue weighted by Crippen LogP contribution is 2.33. The number of allylic oxidation sites excluding steroid dienone is 2. The molecule has 1 heterocycles. The standard InChI is InChI=1S/C16H17NO2/c1-10-8-13(11-2-5-14(18)6-3-11)9-12-4-7-15(19)17-16(10)12/h2-3,5-6,8-9,12,16,18H,4,7H2,1H3,(H,17,19). The second kappa shape index (κ2) is 4.57. The van der Waals surface area contributed by atoms with Gasteiger partial charge in [-0.15, -0.1) is 0 Å². The van der Waals surface area contributed by atoms with Gasteiger partial charge < -0.3 is 10.4 Å². The highest BCUT2D eigenvalue weighted by molar-refractivity contribution is 5.81. The van der Waals surface area contributed by atoms with Crippen molar-refractivity contribution in [2.75, 3.05) is 0 Å². The molecule has 3 rings (SSSR count). The van der Waals surface area contributed by atoms with E-state index in [0.29, 0.717) is 12.3 Å². The average Bonchev–Trinajstić information content (AvgIpc) is 2.40. The molecule has 0 aromatic heterocycles. The number of hydrogen-bond donors (Lipinski definition) is 2. The highest BCUT2D eigenvalue weighted by Gasteiger charge is 2.30. The number of hydrogen-bond acceptors (Lipinski definition) is 2. The largest absolute Gasteiger partial charge is 0.508 e. The first-order valence-electron chi connectivity index (χ1n) is 6.62. The number of carbonyl (C=O) groups excluding carboxylic acids is 1. The molecule has 3 heteroatoms. The van der Waals surface area contributed by atoms with E-state index in [-0.39, 0.29) is 17.7 Å². The lowest BCUT2D eigenvalue weighted by atomic mass is 9.79. The Morgan fingerprint density at radius 1 is 1.26 bits per heavy atom. The fourth-order valence-corrected chi connectivity index (χ4v) is 2.90. The van der Waals surface area contributed by atoms with E-state index in [1.165, 1.54) is 11.1 Å². The Morgan fingerprint density at radius 2 is 2.00 bits per heavy atom. The fraction of sp³-hybridized carbons (Fsp3) is 0.312. The number of phenols is 1. The van der Waals surface area contributed by atoms with Gasteiger partial charge in [-0.3, -0.25) is 4.79 Å². The molecule has 0 spiro atoms. The second-order valence-corrected chi connectivity index (χ2v) is 5.30. The van der Waals surface area contributed by atoms with Gasteiger partial charge in [0.2, 0.25) is 5.91 Å². The van der Waals surface area contributed by atoms with Gasteiger partial charge >= 0.3 is 0 Å². The Morgan fingerprint density at radius 3 is 2.74 bits per heavy atom. The van der Waals surface area contributed by atoms with Crippen molar-refractivity contribution in [3.05, 3.63) is 47.6 Å². The van der Waals surface area contributed by atoms with Gasteiger partial charge in [0.25, 0.3) is 0 Å². The molecule has 0 bridgehead atoms. The van der Waals surface area contributed by atoms with Gasteiger partial charge in [-0.2, -0.15) is 0 Å². The molecular weight excluding hydrogens is 238 g/mol. The molecule has 2 N–H and O–H groups in total. The summed E-state index contributed by atoms with van der Waals surface area (Å²) in [5, 5.41) is 12.4. The van der Waals surface area contributed by atoms with Crippen LogP contribution >= 0.6 is 0 Å². The van der Waals surface area contributed by atoms with Gasteiger partial charge in [-0.1, -0.05) is 24.3 Å². The third kappa shape index (κ3) is 2.28. The van der Waals surface area contributed by atoms with Crippen LogP contribution in [0.15, 0.2) is 42.0 Å². The molecule has 2 aliphatic rings. The van der Waals surface area contributed by atoms with Crippen LogP contribution in [0.2, 0.25) is 0 Å². The smallest absolute Gasteiger partial charge is 0.220 e. The normalized spacial score (nSPS) is 26.1. The summed E-state index contributed by atoms with van der Waals surface area (Å²) in [6.07, 6.45) is 5.87. The van der Waals surface area contributed by atoms with E-state index in [2.05, 4.69) is 24.4 Å². The van der Waals surface area contributed by atoms with Crippen molar-refractivity contribution >= 4 is 11.5 Å². The van der Waals surface area contributed by atoms with Crippen molar-refractivity contribution in [1.82, 2.24) is 5.32 Å². The van der Waals surface area contributed by atoms with Gasteiger partial charge in [0, 0.05) is 12.3 Å². The third-order valence-electron chi connectivity index (χ3n) is 3.92. The van der Waals surface area contributed by atoms with Crippen LogP contribution in [0.4, 0.5) is 0 Å². The van der Waals surface area contributed by atoms with Crippen LogP contribution < -0.4 is 5.32 Å². The molecule has 19 heavy (non-hydrogen) atoms. The van der Waals surface area contributed by atoms with Crippen molar-refractivity contribution in [3.8, 4) is 5.75 Å². The number of benzene rings is 1. The molecule has 1 fully saturated rings. The number of aromatic hydroxyl groups is 1. The number of rotatable bonds is 1. The van der Waals surface area contributed by atoms with E-state index in [9.17, 15) is 9.90 Å². The highest BCUT2D eigenvalue weighted by atomic mass is 16.3. The average molecular weight is 255 g/mol. The predicted molar refractivity (Wildman–Crippen MR) is 74.5 cm³/mol. The maximum absolute atomic E-state index is 11.5. The number of amides is 1. The summed E-state index contributed by atoms with van der Waals surface area (Å²) in [7, 11) is 0. The molecule has 1 amide bonds.